The molecule has 22 heavy (non-hydrogen) atoms. The number of aryl methyl sites for hydroxylation is 2. The van der Waals surface area contributed by atoms with Crippen molar-refractivity contribution in [2.24, 2.45) is 0 Å². The highest BCUT2D eigenvalue weighted by molar-refractivity contribution is 7.89. The van der Waals surface area contributed by atoms with E-state index in [0.717, 1.165) is 16.9 Å². The van der Waals surface area contributed by atoms with Crippen LogP contribution in [0.1, 0.15) is 22.9 Å². The van der Waals surface area contributed by atoms with Gasteiger partial charge in [-0.05, 0) is 63.3 Å². The van der Waals surface area contributed by atoms with E-state index in [0.29, 0.717) is 0 Å². The number of likely N-dealkylation sites (N-methyl/N-ethyl adjacent to an activating group) is 1. The number of hydrogen-bond acceptors (Lipinski definition) is 4. The Morgan fingerprint density at radius 3 is 2.45 bits per heavy atom. The van der Waals surface area contributed by atoms with Gasteiger partial charge in [0.05, 0.1) is 17.2 Å². The van der Waals surface area contributed by atoms with Crippen molar-refractivity contribution >= 4 is 10.0 Å². The number of nitrogens with one attached hydrogen (secondary N) is 1. The third-order valence-corrected chi connectivity index (χ3v) is 5.17. The minimum absolute atomic E-state index is 0.156. The highest BCUT2D eigenvalue weighted by Gasteiger charge is 2.21. The van der Waals surface area contributed by atoms with Crippen LogP contribution in [0.15, 0.2) is 45.9 Å². The van der Waals surface area contributed by atoms with Gasteiger partial charge in [0.1, 0.15) is 5.76 Å². The van der Waals surface area contributed by atoms with Crippen LogP contribution < -0.4 is 4.72 Å². The molecular weight excluding hydrogens is 300 g/mol. The average molecular weight is 322 g/mol. The molecule has 0 radical (unpaired) electrons. The number of furan rings is 1. The Kier molecular flexibility index (Phi) is 5.05. The van der Waals surface area contributed by atoms with Crippen molar-refractivity contribution in [3.8, 4) is 0 Å². The van der Waals surface area contributed by atoms with Crippen molar-refractivity contribution < 1.29 is 12.8 Å². The summed E-state index contributed by atoms with van der Waals surface area (Å²) in [6.45, 7) is 4.10. The lowest BCUT2D eigenvalue weighted by Gasteiger charge is -2.22. The Morgan fingerprint density at radius 2 is 1.91 bits per heavy atom. The molecule has 1 heterocycles. The van der Waals surface area contributed by atoms with Gasteiger partial charge in [0, 0.05) is 6.54 Å². The van der Waals surface area contributed by atoms with Gasteiger partial charge in [-0.25, -0.2) is 13.1 Å². The SMILES string of the molecule is Cc1ccc(S(=O)(=O)NC[C@@H](c2ccco2)N(C)C)cc1C. The fourth-order valence-corrected chi connectivity index (χ4v) is 3.29. The lowest BCUT2D eigenvalue weighted by atomic mass is 10.1. The van der Waals surface area contributed by atoms with E-state index in [9.17, 15) is 8.42 Å². The van der Waals surface area contributed by atoms with Crippen LogP contribution in [0.3, 0.4) is 0 Å². The summed E-state index contributed by atoms with van der Waals surface area (Å²) in [5, 5.41) is 0. The molecular formula is C16H22N2O3S. The van der Waals surface area contributed by atoms with Gasteiger partial charge >= 0.3 is 0 Å². The van der Waals surface area contributed by atoms with Crippen LogP contribution in [0.4, 0.5) is 0 Å². The summed E-state index contributed by atoms with van der Waals surface area (Å²) in [5.41, 5.74) is 2.03. The molecule has 0 aliphatic heterocycles. The summed E-state index contributed by atoms with van der Waals surface area (Å²) in [6.07, 6.45) is 1.59. The van der Waals surface area contributed by atoms with Gasteiger partial charge < -0.3 is 4.42 Å². The maximum atomic E-state index is 12.4. The number of nitrogens with zero attached hydrogens (tertiary/aromatic N) is 1. The monoisotopic (exact) mass is 322 g/mol. The largest absolute Gasteiger partial charge is 0.468 e. The fourth-order valence-electron chi connectivity index (χ4n) is 2.17. The Balaban J connectivity index is 2.16. The zero-order valence-corrected chi connectivity index (χ0v) is 14.1. The van der Waals surface area contributed by atoms with Crippen molar-refractivity contribution in [2.45, 2.75) is 24.8 Å². The normalized spacial score (nSPS) is 13.5. The van der Waals surface area contributed by atoms with Gasteiger partial charge in [-0.15, -0.1) is 0 Å². The first kappa shape index (κ1) is 16.7. The van der Waals surface area contributed by atoms with Gasteiger partial charge in [-0.3, -0.25) is 4.90 Å². The van der Waals surface area contributed by atoms with Crippen molar-refractivity contribution in [1.82, 2.24) is 9.62 Å². The van der Waals surface area contributed by atoms with Crippen LogP contribution in [0.2, 0.25) is 0 Å². The van der Waals surface area contributed by atoms with E-state index >= 15 is 0 Å². The minimum Gasteiger partial charge on any atom is -0.468 e. The van der Waals surface area contributed by atoms with E-state index in [1.54, 1.807) is 24.5 Å². The van der Waals surface area contributed by atoms with E-state index in [2.05, 4.69) is 4.72 Å². The first-order valence-electron chi connectivity index (χ1n) is 7.08. The van der Waals surface area contributed by atoms with E-state index in [1.165, 1.54) is 0 Å². The van der Waals surface area contributed by atoms with E-state index in [1.807, 2.05) is 45.0 Å². The average Bonchev–Trinajstić information content (AvgIpc) is 2.95. The van der Waals surface area contributed by atoms with Crippen LogP contribution in [0.5, 0.6) is 0 Å². The maximum absolute atomic E-state index is 12.4. The predicted molar refractivity (Wildman–Crippen MR) is 86.2 cm³/mol. The molecule has 6 heteroatoms. The van der Waals surface area contributed by atoms with Crippen molar-refractivity contribution in [3.63, 3.8) is 0 Å². The molecule has 0 fully saturated rings. The Bertz CT molecular complexity index is 722. The zero-order chi connectivity index (χ0) is 16.3. The third-order valence-electron chi connectivity index (χ3n) is 3.75. The quantitative estimate of drug-likeness (QED) is 0.887. The lowest BCUT2D eigenvalue weighted by molar-refractivity contribution is 0.259. The molecule has 0 saturated heterocycles. The van der Waals surface area contributed by atoms with Gasteiger partial charge in [0.15, 0.2) is 0 Å². The Morgan fingerprint density at radius 1 is 1.18 bits per heavy atom. The first-order valence-corrected chi connectivity index (χ1v) is 8.56. The summed E-state index contributed by atoms with van der Waals surface area (Å²) in [6, 6.07) is 8.62. The first-order chi connectivity index (χ1) is 10.3. The molecule has 2 rings (SSSR count). The second-order valence-electron chi connectivity index (χ2n) is 5.59. The molecule has 0 saturated carbocycles. The topological polar surface area (TPSA) is 62.6 Å². The van der Waals surface area contributed by atoms with E-state index in [4.69, 9.17) is 4.42 Å². The summed E-state index contributed by atoms with van der Waals surface area (Å²) in [4.78, 5) is 2.20. The standard InChI is InChI=1S/C16H22N2O3S/c1-12-7-8-14(10-13(12)2)22(19,20)17-11-15(18(3)4)16-6-5-9-21-16/h5-10,15,17H,11H2,1-4H3/t15-/m0/s1. The summed E-state index contributed by atoms with van der Waals surface area (Å²) in [5.74, 6) is 0.729. The van der Waals surface area contributed by atoms with Crippen LogP contribution in [-0.4, -0.2) is 34.0 Å². The number of hydrogen-bond donors (Lipinski definition) is 1. The third kappa shape index (κ3) is 3.76. The fraction of sp³-hybridized carbons (Fsp3) is 0.375. The molecule has 1 N–H and O–H groups in total. The van der Waals surface area contributed by atoms with E-state index in [-0.39, 0.29) is 17.5 Å². The summed E-state index contributed by atoms with van der Waals surface area (Å²) in [7, 11) is 0.235. The van der Waals surface area contributed by atoms with Crippen molar-refractivity contribution in [1.29, 1.82) is 0 Å². The second-order valence-corrected chi connectivity index (χ2v) is 7.36. The minimum atomic E-state index is -3.54. The Hall–Kier alpha value is -1.63. The molecule has 1 aromatic heterocycles. The summed E-state index contributed by atoms with van der Waals surface area (Å²) >= 11 is 0. The van der Waals surface area contributed by atoms with Crippen molar-refractivity contribution in [3.05, 3.63) is 53.5 Å². The molecule has 0 bridgehead atoms. The molecule has 1 aromatic carbocycles. The predicted octanol–water partition coefficient (Wildman–Crippen LogP) is 2.48. The molecule has 0 aliphatic rings. The van der Waals surface area contributed by atoms with Crippen LogP contribution in [0.25, 0.3) is 0 Å². The summed E-state index contributed by atoms with van der Waals surface area (Å²) < 4.78 is 32.9. The van der Waals surface area contributed by atoms with Gasteiger partial charge in [0.2, 0.25) is 10.0 Å². The van der Waals surface area contributed by atoms with E-state index < -0.39 is 10.0 Å². The highest BCUT2D eigenvalue weighted by Crippen LogP contribution is 2.19. The highest BCUT2D eigenvalue weighted by atomic mass is 32.2. The van der Waals surface area contributed by atoms with Gasteiger partial charge in [-0.1, -0.05) is 6.07 Å². The zero-order valence-electron chi connectivity index (χ0n) is 13.3. The number of benzene rings is 1. The number of rotatable bonds is 6. The second kappa shape index (κ2) is 6.64. The molecule has 5 nitrogen and oxygen atoms in total. The van der Waals surface area contributed by atoms with Crippen LogP contribution in [0, 0.1) is 13.8 Å². The molecule has 1 atom stereocenters. The van der Waals surface area contributed by atoms with Crippen LogP contribution >= 0.6 is 0 Å². The molecule has 120 valence electrons. The molecule has 2 aromatic rings. The van der Waals surface area contributed by atoms with Crippen molar-refractivity contribution in [2.75, 3.05) is 20.6 Å². The van der Waals surface area contributed by atoms with Gasteiger partial charge in [-0.2, -0.15) is 0 Å². The maximum Gasteiger partial charge on any atom is 0.240 e. The molecule has 0 spiro atoms. The Labute approximate surface area is 132 Å². The molecule has 0 aliphatic carbocycles. The number of sulfonamides is 1. The van der Waals surface area contributed by atoms with Crippen LogP contribution in [-0.2, 0) is 10.0 Å². The molecule has 0 amide bonds. The smallest absolute Gasteiger partial charge is 0.240 e. The van der Waals surface area contributed by atoms with Gasteiger partial charge in [0.25, 0.3) is 0 Å². The lowest BCUT2D eigenvalue weighted by Crippen LogP contribution is -2.34. The molecule has 0 unspecified atom stereocenters.